The monoisotopic (exact) mass is 408 g/mol. The van der Waals surface area contributed by atoms with Crippen molar-refractivity contribution in [3.8, 4) is 0 Å². The first-order valence-corrected chi connectivity index (χ1v) is 10.5. The fourth-order valence-electron chi connectivity index (χ4n) is 3.43. The molecule has 0 bridgehead atoms. The molecule has 0 saturated heterocycles. The van der Waals surface area contributed by atoms with Gasteiger partial charge in [0.25, 0.3) is 0 Å². The van der Waals surface area contributed by atoms with Crippen LogP contribution in [-0.2, 0) is 6.42 Å². The molecule has 31 heavy (non-hydrogen) atoms. The smallest absolute Gasteiger partial charge is 0.123 e. The first-order valence-electron chi connectivity index (χ1n) is 10.5. The van der Waals surface area contributed by atoms with Crippen molar-refractivity contribution in [3.05, 3.63) is 137 Å². The van der Waals surface area contributed by atoms with E-state index in [0.717, 1.165) is 28.9 Å². The van der Waals surface area contributed by atoms with Crippen molar-refractivity contribution in [2.45, 2.75) is 13.3 Å². The van der Waals surface area contributed by atoms with Crippen LogP contribution < -0.4 is 5.01 Å². The highest BCUT2D eigenvalue weighted by atomic mass is 19.1. The number of aryl methyl sites for hydroxylation is 1. The molecule has 0 amide bonds. The Bertz CT molecular complexity index is 1080. The minimum Gasteiger partial charge on any atom is -0.265 e. The predicted octanol–water partition coefficient (Wildman–Crippen LogP) is 6.64. The van der Waals surface area contributed by atoms with Crippen molar-refractivity contribution in [3.63, 3.8) is 0 Å². The average molecular weight is 409 g/mol. The number of rotatable bonds is 7. The Labute approximate surface area is 183 Å². The molecule has 0 spiro atoms. The zero-order valence-corrected chi connectivity index (χ0v) is 17.6. The second-order valence-corrected chi connectivity index (χ2v) is 7.52. The first kappa shape index (κ1) is 20.5. The normalized spacial score (nSPS) is 10.5. The Morgan fingerprint density at radius 1 is 0.710 bits per heavy atom. The molecule has 0 radical (unpaired) electrons. The maximum atomic E-state index is 13.6. The zero-order valence-electron chi connectivity index (χ0n) is 17.6. The van der Waals surface area contributed by atoms with Crippen molar-refractivity contribution in [2.75, 3.05) is 11.6 Å². The highest BCUT2D eigenvalue weighted by Crippen LogP contribution is 2.20. The number of benzene rings is 4. The van der Waals surface area contributed by atoms with Gasteiger partial charge < -0.3 is 0 Å². The number of halogens is 1. The fraction of sp³-hybridized carbons (Fsp3) is 0.107. The van der Waals surface area contributed by atoms with Crippen LogP contribution in [0.1, 0.15) is 22.3 Å². The molecule has 0 aliphatic rings. The van der Waals surface area contributed by atoms with Crippen LogP contribution >= 0.6 is 0 Å². The maximum absolute atomic E-state index is 13.6. The topological polar surface area (TPSA) is 15.6 Å². The lowest BCUT2D eigenvalue weighted by atomic mass is 10.0. The van der Waals surface area contributed by atoms with Gasteiger partial charge in [-0.1, -0.05) is 90.5 Å². The minimum atomic E-state index is -0.252. The average Bonchev–Trinajstić information content (AvgIpc) is 2.82. The van der Waals surface area contributed by atoms with E-state index in [0.29, 0.717) is 6.54 Å². The second-order valence-electron chi connectivity index (χ2n) is 7.52. The number of hydrazone groups is 1. The van der Waals surface area contributed by atoms with E-state index in [4.69, 9.17) is 5.10 Å². The maximum Gasteiger partial charge on any atom is 0.123 e. The number of anilines is 1. The van der Waals surface area contributed by atoms with E-state index in [2.05, 4.69) is 55.5 Å². The Kier molecular flexibility index (Phi) is 6.53. The van der Waals surface area contributed by atoms with E-state index in [9.17, 15) is 4.39 Å². The van der Waals surface area contributed by atoms with E-state index < -0.39 is 0 Å². The van der Waals surface area contributed by atoms with E-state index >= 15 is 0 Å². The van der Waals surface area contributed by atoms with E-state index in [1.54, 1.807) is 12.1 Å². The van der Waals surface area contributed by atoms with Gasteiger partial charge in [-0.25, -0.2) is 4.39 Å². The molecule has 4 aromatic carbocycles. The van der Waals surface area contributed by atoms with Crippen LogP contribution in [0.3, 0.4) is 0 Å². The summed E-state index contributed by atoms with van der Waals surface area (Å²) in [7, 11) is 0. The van der Waals surface area contributed by atoms with Gasteiger partial charge in [-0.2, -0.15) is 5.10 Å². The van der Waals surface area contributed by atoms with Gasteiger partial charge >= 0.3 is 0 Å². The largest absolute Gasteiger partial charge is 0.265 e. The Morgan fingerprint density at radius 3 is 1.81 bits per heavy atom. The molecule has 0 heterocycles. The molecular formula is C28H25FN2. The summed E-state index contributed by atoms with van der Waals surface area (Å²) in [5.41, 5.74) is 6.31. The minimum absolute atomic E-state index is 0.252. The summed E-state index contributed by atoms with van der Waals surface area (Å²) in [5, 5.41) is 7.04. The quantitative estimate of drug-likeness (QED) is 0.247. The van der Waals surface area contributed by atoms with Crippen LogP contribution in [0, 0.1) is 12.7 Å². The van der Waals surface area contributed by atoms with Crippen molar-refractivity contribution in [2.24, 2.45) is 5.10 Å². The van der Waals surface area contributed by atoms with Gasteiger partial charge in [0.05, 0.1) is 11.4 Å². The summed E-state index contributed by atoms with van der Waals surface area (Å²) >= 11 is 0. The standard InChI is InChI=1S/C28H25FN2/c1-22-12-14-23(15-13-22)20-21-31(27-18-16-26(29)17-19-27)30-28(24-8-4-2-5-9-24)25-10-6-3-7-11-25/h2-19H,20-21H2,1H3. The van der Waals surface area contributed by atoms with Crippen molar-refractivity contribution >= 4 is 11.4 Å². The van der Waals surface area contributed by atoms with Gasteiger partial charge in [-0.05, 0) is 43.2 Å². The van der Waals surface area contributed by atoms with Gasteiger partial charge in [0.1, 0.15) is 5.82 Å². The molecule has 154 valence electrons. The third-order valence-corrected chi connectivity index (χ3v) is 5.17. The summed E-state index contributed by atoms with van der Waals surface area (Å²) in [6, 6.07) is 35.4. The summed E-state index contributed by atoms with van der Waals surface area (Å²) in [6.07, 6.45) is 0.831. The lowest BCUT2D eigenvalue weighted by molar-refractivity contribution is 0.627. The van der Waals surface area contributed by atoms with Gasteiger partial charge in [-0.3, -0.25) is 5.01 Å². The summed E-state index contributed by atoms with van der Waals surface area (Å²) < 4.78 is 13.6. The first-order chi connectivity index (χ1) is 15.2. The Hall–Kier alpha value is -3.72. The van der Waals surface area contributed by atoms with Crippen LogP contribution in [-0.4, -0.2) is 12.3 Å². The lowest BCUT2D eigenvalue weighted by Crippen LogP contribution is -2.23. The van der Waals surface area contributed by atoms with Gasteiger partial charge in [0, 0.05) is 17.7 Å². The number of hydrogen-bond acceptors (Lipinski definition) is 2. The third-order valence-electron chi connectivity index (χ3n) is 5.17. The number of hydrogen-bond donors (Lipinski definition) is 0. The molecule has 3 heteroatoms. The molecule has 0 fully saturated rings. The second kappa shape index (κ2) is 9.86. The predicted molar refractivity (Wildman–Crippen MR) is 127 cm³/mol. The van der Waals surface area contributed by atoms with Crippen molar-refractivity contribution < 1.29 is 4.39 Å². The summed E-state index contributed by atoms with van der Waals surface area (Å²) in [5.74, 6) is -0.252. The molecule has 0 saturated carbocycles. The third kappa shape index (κ3) is 5.46. The molecule has 2 nitrogen and oxygen atoms in total. The highest BCUT2D eigenvalue weighted by Gasteiger charge is 2.12. The molecular weight excluding hydrogens is 383 g/mol. The number of nitrogens with zero attached hydrogens (tertiary/aromatic N) is 2. The van der Waals surface area contributed by atoms with Crippen LogP contribution in [0.25, 0.3) is 0 Å². The molecule has 0 atom stereocenters. The van der Waals surface area contributed by atoms with Gasteiger partial charge in [0.2, 0.25) is 0 Å². The Morgan fingerprint density at radius 2 is 1.26 bits per heavy atom. The van der Waals surface area contributed by atoms with E-state index in [-0.39, 0.29) is 5.82 Å². The van der Waals surface area contributed by atoms with Crippen LogP contribution in [0.4, 0.5) is 10.1 Å². The van der Waals surface area contributed by atoms with Gasteiger partial charge in [-0.15, -0.1) is 0 Å². The lowest BCUT2D eigenvalue weighted by Gasteiger charge is -2.22. The fourth-order valence-corrected chi connectivity index (χ4v) is 3.43. The van der Waals surface area contributed by atoms with Crippen LogP contribution in [0.5, 0.6) is 0 Å². The molecule has 0 aliphatic carbocycles. The molecule has 0 unspecified atom stereocenters. The summed E-state index contributed by atoms with van der Waals surface area (Å²) in [6.45, 7) is 2.77. The molecule has 0 aliphatic heterocycles. The van der Waals surface area contributed by atoms with Crippen LogP contribution in [0.2, 0.25) is 0 Å². The van der Waals surface area contributed by atoms with E-state index in [1.165, 1.54) is 23.3 Å². The zero-order chi connectivity index (χ0) is 21.5. The Balaban J connectivity index is 1.73. The van der Waals surface area contributed by atoms with Gasteiger partial charge in [0.15, 0.2) is 0 Å². The van der Waals surface area contributed by atoms with Crippen LogP contribution in [0.15, 0.2) is 114 Å². The highest BCUT2D eigenvalue weighted by molar-refractivity contribution is 6.13. The summed E-state index contributed by atoms with van der Waals surface area (Å²) in [4.78, 5) is 0. The molecule has 0 N–H and O–H groups in total. The van der Waals surface area contributed by atoms with E-state index in [1.807, 2.05) is 41.4 Å². The van der Waals surface area contributed by atoms with Crippen molar-refractivity contribution in [1.29, 1.82) is 0 Å². The molecule has 0 aromatic heterocycles. The van der Waals surface area contributed by atoms with Crippen molar-refractivity contribution in [1.82, 2.24) is 0 Å². The molecule has 4 rings (SSSR count). The molecule has 4 aromatic rings. The SMILES string of the molecule is Cc1ccc(CCN(N=C(c2ccccc2)c2ccccc2)c2ccc(F)cc2)cc1.